The summed E-state index contributed by atoms with van der Waals surface area (Å²) in [4.78, 5) is 23.5. The molecule has 0 atom stereocenters. The number of nitrogen functional groups attached to an aromatic ring is 1. The van der Waals surface area contributed by atoms with E-state index in [1.54, 1.807) is 16.6 Å². The maximum Gasteiger partial charge on any atom is 0.205 e. The first kappa shape index (κ1) is 21.7. The van der Waals surface area contributed by atoms with E-state index in [1.807, 2.05) is 62.4 Å². The van der Waals surface area contributed by atoms with Crippen LogP contribution in [-0.2, 0) is 0 Å². The van der Waals surface area contributed by atoms with Crippen molar-refractivity contribution in [1.29, 1.82) is 0 Å². The molecule has 3 N–H and O–H groups in total. The summed E-state index contributed by atoms with van der Waals surface area (Å²) in [5.41, 5.74) is 11.6. The van der Waals surface area contributed by atoms with Crippen molar-refractivity contribution in [2.45, 2.75) is 13.8 Å². The number of benzene rings is 2. The highest BCUT2D eigenvalue weighted by atomic mass is 79.9. The third-order valence-electron chi connectivity index (χ3n) is 5.85. The van der Waals surface area contributed by atoms with Crippen LogP contribution in [0.4, 0.5) is 16.5 Å². The van der Waals surface area contributed by atoms with Crippen LogP contribution in [0.1, 0.15) is 26.6 Å². The number of nitrogens with one attached hydrogen (secondary N) is 1. The zero-order valence-corrected chi connectivity index (χ0v) is 21.2. The minimum Gasteiger partial charge on any atom is -0.383 e. The van der Waals surface area contributed by atoms with Crippen molar-refractivity contribution >= 4 is 77.0 Å². The second-order valence-electron chi connectivity index (χ2n) is 8.31. The molecule has 4 heterocycles. The number of aryl methyl sites for hydroxylation is 2. The fraction of sp³-hybridized carbons (Fsp3) is 0.0769. The SMILES string of the molecule is Cc1cc(C)n2nc3c4c(Nc5ccccc5)sc(C(=O)c5ccc(Br)cc5)c4nc(N)c3c2n1. The van der Waals surface area contributed by atoms with Crippen LogP contribution >= 0.6 is 27.3 Å². The maximum absolute atomic E-state index is 13.6. The van der Waals surface area contributed by atoms with Gasteiger partial charge in [0.2, 0.25) is 5.78 Å². The van der Waals surface area contributed by atoms with E-state index in [0.717, 1.165) is 31.9 Å². The summed E-state index contributed by atoms with van der Waals surface area (Å²) in [7, 11) is 0. The molecule has 6 rings (SSSR count). The van der Waals surface area contributed by atoms with Crippen molar-refractivity contribution in [3.63, 3.8) is 0 Å². The van der Waals surface area contributed by atoms with E-state index >= 15 is 0 Å². The van der Waals surface area contributed by atoms with Crippen molar-refractivity contribution in [1.82, 2.24) is 19.6 Å². The molecule has 9 heteroatoms. The average molecular weight is 543 g/mol. The van der Waals surface area contributed by atoms with E-state index in [2.05, 4.69) is 21.2 Å². The largest absolute Gasteiger partial charge is 0.383 e. The standard InChI is InChI=1S/C26H19BrN6OS/c1-13-12-14(2)33-25(29-13)19-20(32-33)18-21(31-24(19)28)23(22(34)15-8-10-16(27)11-9-15)35-26(18)30-17-6-4-3-5-7-17/h3-12,30H,1-2H3,(H2,28,31). The van der Waals surface area contributed by atoms with Crippen LogP contribution in [-0.4, -0.2) is 25.4 Å². The van der Waals surface area contributed by atoms with E-state index in [0.29, 0.717) is 38.3 Å². The summed E-state index contributed by atoms with van der Waals surface area (Å²) in [6, 6.07) is 19.1. The average Bonchev–Trinajstić information content (AvgIpc) is 3.39. The van der Waals surface area contributed by atoms with Crippen LogP contribution < -0.4 is 11.1 Å². The molecule has 0 aliphatic heterocycles. The lowest BCUT2D eigenvalue weighted by Gasteiger charge is -2.04. The number of rotatable bonds is 4. The van der Waals surface area contributed by atoms with E-state index in [4.69, 9.17) is 20.8 Å². The number of ketones is 1. The summed E-state index contributed by atoms with van der Waals surface area (Å²) in [6.07, 6.45) is 0. The number of aromatic nitrogens is 4. The van der Waals surface area contributed by atoms with E-state index in [-0.39, 0.29) is 5.78 Å². The van der Waals surface area contributed by atoms with Gasteiger partial charge in [-0.05, 0) is 56.3 Å². The van der Waals surface area contributed by atoms with Crippen molar-refractivity contribution in [2.75, 3.05) is 11.1 Å². The highest BCUT2D eigenvalue weighted by Crippen LogP contribution is 2.43. The van der Waals surface area contributed by atoms with Crippen LogP contribution in [0, 0.1) is 13.8 Å². The molecule has 0 spiro atoms. The predicted octanol–water partition coefficient (Wildman–Crippen LogP) is 6.43. The minimum absolute atomic E-state index is 0.117. The third-order valence-corrected chi connectivity index (χ3v) is 7.47. The summed E-state index contributed by atoms with van der Waals surface area (Å²) in [5.74, 6) is 0.183. The zero-order chi connectivity index (χ0) is 24.3. The van der Waals surface area contributed by atoms with Crippen LogP contribution in [0.25, 0.3) is 27.5 Å². The van der Waals surface area contributed by atoms with Gasteiger partial charge in [-0.25, -0.2) is 14.5 Å². The first-order valence-corrected chi connectivity index (χ1v) is 12.5. The second kappa shape index (κ2) is 8.14. The number of anilines is 3. The Labute approximate surface area is 212 Å². The Morgan fingerprint density at radius 3 is 2.49 bits per heavy atom. The molecular formula is C26H19BrN6OS. The Kier molecular flexibility index (Phi) is 5.05. The summed E-state index contributed by atoms with van der Waals surface area (Å²) < 4.78 is 2.69. The summed E-state index contributed by atoms with van der Waals surface area (Å²) >= 11 is 4.79. The van der Waals surface area contributed by atoms with E-state index < -0.39 is 0 Å². The van der Waals surface area contributed by atoms with Crippen molar-refractivity contribution in [3.8, 4) is 0 Å². The van der Waals surface area contributed by atoms with Gasteiger partial charge in [-0.1, -0.05) is 34.1 Å². The zero-order valence-electron chi connectivity index (χ0n) is 18.8. The van der Waals surface area contributed by atoms with Gasteiger partial charge in [0.25, 0.3) is 0 Å². The van der Waals surface area contributed by atoms with Gasteiger partial charge in [-0.3, -0.25) is 4.79 Å². The highest BCUT2D eigenvalue weighted by molar-refractivity contribution is 9.10. The van der Waals surface area contributed by atoms with Gasteiger partial charge < -0.3 is 11.1 Å². The second-order valence-corrected chi connectivity index (χ2v) is 10.2. The number of pyridine rings is 1. The normalized spacial score (nSPS) is 11.5. The number of carbonyl (C=O) groups is 1. The van der Waals surface area contributed by atoms with Gasteiger partial charge in [0.1, 0.15) is 21.2 Å². The van der Waals surface area contributed by atoms with Gasteiger partial charge in [-0.2, -0.15) is 5.10 Å². The Morgan fingerprint density at radius 1 is 1.00 bits per heavy atom. The molecule has 0 fully saturated rings. The lowest BCUT2D eigenvalue weighted by Crippen LogP contribution is -2.01. The van der Waals surface area contributed by atoms with Gasteiger partial charge >= 0.3 is 0 Å². The molecule has 0 aliphatic carbocycles. The van der Waals surface area contributed by atoms with Crippen molar-refractivity contribution in [3.05, 3.63) is 87.0 Å². The van der Waals surface area contributed by atoms with Crippen molar-refractivity contribution in [2.24, 2.45) is 0 Å². The molecule has 0 aliphatic rings. The first-order chi connectivity index (χ1) is 16.9. The summed E-state index contributed by atoms with van der Waals surface area (Å²) in [6.45, 7) is 3.92. The molecule has 0 saturated heterocycles. The lowest BCUT2D eigenvalue weighted by molar-refractivity contribution is 0.104. The van der Waals surface area contributed by atoms with Crippen LogP contribution in [0.5, 0.6) is 0 Å². The van der Waals surface area contributed by atoms with Gasteiger partial charge in [-0.15, -0.1) is 11.3 Å². The lowest BCUT2D eigenvalue weighted by atomic mass is 10.1. The molecule has 0 radical (unpaired) electrons. The van der Waals surface area contributed by atoms with Crippen LogP contribution in [0.2, 0.25) is 0 Å². The smallest absolute Gasteiger partial charge is 0.205 e. The molecule has 6 aromatic rings. The third kappa shape index (κ3) is 3.55. The van der Waals surface area contributed by atoms with Gasteiger partial charge in [0.05, 0.1) is 16.3 Å². The molecule has 4 aromatic heterocycles. The highest BCUT2D eigenvalue weighted by Gasteiger charge is 2.26. The molecular weight excluding hydrogens is 524 g/mol. The first-order valence-electron chi connectivity index (χ1n) is 10.9. The van der Waals surface area contributed by atoms with Crippen LogP contribution in [0.3, 0.4) is 0 Å². The number of para-hydroxylation sites is 1. The number of nitrogens with zero attached hydrogens (tertiary/aromatic N) is 4. The number of nitrogens with two attached hydrogens (primary N) is 1. The van der Waals surface area contributed by atoms with Gasteiger partial charge in [0.15, 0.2) is 5.65 Å². The number of hydrogen-bond donors (Lipinski definition) is 2. The molecule has 172 valence electrons. The fourth-order valence-electron chi connectivity index (χ4n) is 4.28. The number of thiophene rings is 1. The van der Waals surface area contributed by atoms with E-state index in [9.17, 15) is 4.79 Å². The number of carbonyl (C=O) groups excluding carboxylic acids is 1. The molecule has 0 unspecified atom stereocenters. The monoisotopic (exact) mass is 542 g/mol. The van der Waals surface area contributed by atoms with Gasteiger partial charge in [0, 0.05) is 27.1 Å². The molecule has 7 nitrogen and oxygen atoms in total. The molecule has 2 aromatic carbocycles. The Bertz CT molecular complexity index is 1770. The predicted molar refractivity (Wildman–Crippen MR) is 145 cm³/mol. The Balaban J connectivity index is 1.68. The fourth-order valence-corrected chi connectivity index (χ4v) is 5.67. The number of fused-ring (bicyclic) bond motifs is 5. The molecule has 35 heavy (non-hydrogen) atoms. The van der Waals surface area contributed by atoms with Crippen LogP contribution in [0.15, 0.2) is 65.1 Å². The summed E-state index contributed by atoms with van der Waals surface area (Å²) in [5, 5.41) is 10.6. The van der Waals surface area contributed by atoms with E-state index in [1.165, 1.54) is 11.3 Å². The Hall–Kier alpha value is -3.82. The number of halogens is 1. The quantitative estimate of drug-likeness (QED) is 0.249. The number of hydrogen-bond acceptors (Lipinski definition) is 7. The van der Waals surface area contributed by atoms with Crippen molar-refractivity contribution < 1.29 is 4.79 Å². The minimum atomic E-state index is -0.117. The topological polar surface area (TPSA) is 98.2 Å². The molecule has 0 saturated carbocycles. The maximum atomic E-state index is 13.6. The Morgan fingerprint density at radius 2 is 1.74 bits per heavy atom. The molecule has 0 amide bonds. The molecule has 0 bridgehead atoms.